The van der Waals surface area contributed by atoms with Crippen molar-refractivity contribution in [3.8, 4) is 0 Å². The second kappa shape index (κ2) is 5.77. The highest BCUT2D eigenvalue weighted by atomic mass is 16.5. The lowest BCUT2D eigenvalue weighted by Gasteiger charge is -2.32. The molecule has 1 saturated heterocycles. The Morgan fingerprint density at radius 2 is 2.00 bits per heavy atom. The number of rotatable bonds is 5. The number of nitrogens with zero attached hydrogens (tertiary/aromatic N) is 2. The van der Waals surface area contributed by atoms with Gasteiger partial charge in [-0.05, 0) is 25.7 Å². The molecule has 0 spiro atoms. The number of aliphatic carboxylic acids is 1. The summed E-state index contributed by atoms with van der Waals surface area (Å²) in [7, 11) is 1.67. The van der Waals surface area contributed by atoms with Gasteiger partial charge in [-0.25, -0.2) is 4.79 Å². The van der Waals surface area contributed by atoms with Crippen LogP contribution in [0.1, 0.15) is 19.8 Å². The third kappa shape index (κ3) is 3.18. The lowest BCUT2D eigenvalue weighted by Crippen LogP contribution is -2.50. The summed E-state index contributed by atoms with van der Waals surface area (Å²) in [6.45, 7) is 3.89. The first-order valence-corrected chi connectivity index (χ1v) is 6.86. The number of carbonyl (C=O) groups excluding carboxylic acids is 1. The lowest BCUT2D eigenvalue weighted by molar-refractivity contribution is -0.142. The summed E-state index contributed by atoms with van der Waals surface area (Å²) in [5.41, 5.74) is 0. The minimum atomic E-state index is -0.896. The van der Waals surface area contributed by atoms with Gasteiger partial charge in [0.2, 0.25) is 0 Å². The minimum absolute atomic E-state index is 0.0869. The van der Waals surface area contributed by atoms with E-state index in [1.165, 1.54) is 17.7 Å². The summed E-state index contributed by atoms with van der Waals surface area (Å²) < 4.78 is 5.22. The lowest BCUT2D eigenvalue weighted by atomic mass is 10.0. The number of urea groups is 1. The molecule has 1 aliphatic carbocycles. The van der Waals surface area contributed by atoms with E-state index in [9.17, 15) is 9.59 Å². The van der Waals surface area contributed by atoms with Gasteiger partial charge in [-0.1, -0.05) is 0 Å². The van der Waals surface area contributed by atoms with Crippen molar-refractivity contribution >= 4 is 12.0 Å². The second-order valence-corrected chi connectivity index (χ2v) is 5.43. The predicted molar refractivity (Wildman–Crippen MR) is 68.9 cm³/mol. The Morgan fingerprint density at radius 3 is 2.53 bits per heavy atom. The number of carbonyl (C=O) groups is 2. The molecule has 2 atom stereocenters. The fraction of sp³-hybridized carbons (Fsp3) is 0.846. The molecule has 1 aliphatic heterocycles. The van der Waals surface area contributed by atoms with Gasteiger partial charge in [0.1, 0.15) is 5.92 Å². The molecule has 0 aromatic carbocycles. The Balaban J connectivity index is 1.98. The van der Waals surface area contributed by atoms with E-state index in [1.807, 2.05) is 6.92 Å². The average Bonchev–Trinajstić information content (AvgIpc) is 3.06. The first-order chi connectivity index (χ1) is 9.04. The SMILES string of the molecule is CCN(CC1CC1)C(=O)N(C)C1COCC1C(=O)O. The minimum Gasteiger partial charge on any atom is -0.481 e. The summed E-state index contributed by atoms with van der Waals surface area (Å²) in [6, 6.07) is -0.450. The van der Waals surface area contributed by atoms with Gasteiger partial charge < -0.3 is 19.6 Å². The van der Waals surface area contributed by atoms with Gasteiger partial charge in [0.05, 0.1) is 19.3 Å². The molecular formula is C13H22N2O4. The molecule has 1 heterocycles. The van der Waals surface area contributed by atoms with Crippen molar-refractivity contribution < 1.29 is 19.4 Å². The van der Waals surface area contributed by atoms with Crippen molar-refractivity contribution in [1.29, 1.82) is 0 Å². The number of hydrogen-bond acceptors (Lipinski definition) is 3. The molecule has 2 amide bonds. The van der Waals surface area contributed by atoms with Gasteiger partial charge in [0.15, 0.2) is 0 Å². The van der Waals surface area contributed by atoms with E-state index in [0.717, 1.165) is 6.54 Å². The van der Waals surface area contributed by atoms with Crippen LogP contribution >= 0.6 is 0 Å². The predicted octanol–water partition coefficient (Wildman–Crippen LogP) is 0.870. The molecule has 19 heavy (non-hydrogen) atoms. The molecule has 1 N–H and O–H groups in total. The molecule has 2 unspecified atom stereocenters. The number of ether oxygens (including phenoxy) is 1. The monoisotopic (exact) mass is 270 g/mol. The van der Waals surface area contributed by atoms with E-state index >= 15 is 0 Å². The molecule has 1 saturated carbocycles. The van der Waals surface area contributed by atoms with E-state index in [-0.39, 0.29) is 18.7 Å². The Labute approximate surface area is 113 Å². The molecule has 6 nitrogen and oxygen atoms in total. The molecule has 0 bridgehead atoms. The first-order valence-electron chi connectivity index (χ1n) is 6.86. The Morgan fingerprint density at radius 1 is 1.32 bits per heavy atom. The smallest absolute Gasteiger partial charge is 0.320 e. The van der Waals surface area contributed by atoms with Crippen molar-refractivity contribution in [3.05, 3.63) is 0 Å². The average molecular weight is 270 g/mol. The highest BCUT2D eigenvalue weighted by Crippen LogP contribution is 2.30. The van der Waals surface area contributed by atoms with Crippen LogP contribution in [-0.2, 0) is 9.53 Å². The zero-order valence-electron chi connectivity index (χ0n) is 11.5. The van der Waals surface area contributed by atoms with Gasteiger partial charge in [0, 0.05) is 20.1 Å². The Hall–Kier alpha value is -1.30. The number of likely N-dealkylation sites (N-methyl/N-ethyl adjacent to an activating group) is 1. The molecule has 2 rings (SSSR count). The molecular weight excluding hydrogens is 248 g/mol. The van der Waals surface area contributed by atoms with E-state index in [1.54, 1.807) is 11.9 Å². The van der Waals surface area contributed by atoms with Crippen molar-refractivity contribution in [3.63, 3.8) is 0 Å². The fourth-order valence-corrected chi connectivity index (χ4v) is 2.48. The van der Waals surface area contributed by atoms with E-state index in [2.05, 4.69) is 0 Å². The van der Waals surface area contributed by atoms with Crippen LogP contribution in [0.15, 0.2) is 0 Å². The third-order valence-corrected chi connectivity index (χ3v) is 3.99. The van der Waals surface area contributed by atoms with Gasteiger partial charge in [-0.15, -0.1) is 0 Å². The Bertz CT molecular complexity index is 357. The molecule has 6 heteroatoms. The summed E-state index contributed by atoms with van der Waals surface area (Å²) >= 11 is 0. The molecule has 0 aromatic heterocycles. The van der Waals surface area contributed by atoms with Gasteiger partial charge >= 0.3 is 12.0 Å². The van der Waals surface area contributed by atoms with Gasteiger partial charge in [0.25, 0.3) is 0 Å². The van der Waals surface area contributed by atoms with Gasteiger partial charge in [-0.3, -0.25) is 4.79 Å². The van der Waals surface area contributed by atoms with Crippen molar-refractivity contribution in [2.45, 2.75) is 25.8 Å². The van der Waals surface area contributed by atoms with Crippen LogP contribution in [0.5, 0.6) is 0 Å². The molecule has 2 aliphatic rings. The van der Waals surface area contributed by atoms with Crippen molar-refractivity contribution in [2.24, 2.45) is 11.8 Å². The van der Waals surface area contributed by atoms with E-state index in [4.69, 9.17) is 9.84 Å². The number of amides is 2. The summed E-state index contributed by atoms with van der Waals surface area (Å²) in [5.74, 6) is -0.881. The van der Waals surface area contributed by atoms with Crippen LogP contribution in [0.3, 0.4) is 0 Å². The third-order valence-electron chi connectivity index (χ3n) is 3.99. The maximum Gasteiger partial charge on any atom is 0.320 e. The highest BCUT2D eigenvalue weighted by Gasteiger charge is 2.40. The number of carboxylic acid groups (broad SMARTS) is 1. The quantitative estimate of drug-likeness (QED) is 0.804. The maximum atomic E-state index is 12.4. The first kappa shape index (κ1) is 14.1. The summed E-state index contributed by atoms with van der Waals surface area (Å²) in [6.07, 6.45) is 2.38. The van der Waals surface area contributed by atoms with Crippen LogP contribution in [0.25, 0.3) is 0 Å². The maximum absolute atomic E-state index is 12.4. The standard InChI is InChI=1S/C13H22N2O4/c1-3-15(6-9-4-5-9)13(18)14(2)11-8-19-7-10(11)12(16)17/h9-11H,3-8H2,1-2H3,(H,16,17). The number of carboxylic acids is 1. The summed E-state index contributed by atoms with van der Waals surface area (Å²) in [4.78, 5) is 26.9. The van der Waals surface area contributed by atoms with Crippen LogP contribution in [0.2, 0.25) is 0 Å². The van der Waals surface area contributed by atoms with E-state index in [0.29, 0.717) is 19.1 Å². The molecule has 0 aromatic rings. The van der Waals surface area contributed by atoms with Crippen LogP contribution in [-0.4, -0.2) is 66.3 Å². The molecule has 0 radical (unpaired) electrons. The summed E-state index contributed by atoms with van der Waals surface area (Å²) in [5, 5.41) is 9.13. The topological polar surface area (TPSA) is 70.1 Å². The highest BCUT2D eigenvalue weighted by molar-refractivity contribution is 5.77. The van der Waals surface area contributed by atoms with Crippen LogP contribution in [0.4, 0.5) is 4.79 Å². The van der Waals surface area contributed by atoms with Crippen LogP contribution in [0, 0.1) is 11.8 Å². The van der Waals surface area contributed by atoms with E-state index < -0.39 is 11.9 Å². The Kier molecular flexibility index (Phi) is 4.29. The fourth-order valence-electron chi connectivity index (χ4n) is 2.48. The second-order valence-electron chi connectivity index (χ2n) is 5.43. The molecule has 2 fully saturated rings. The zero-order valence-corrected chi connectivity index (χ0v) is 11.5. The van der Waals surface area contributed by atoms with Crippen LogP contribution < -0.4 is 0 Å². The normalized spacial score (nSPS) is 26.2. The molecule has 108 valence electrons. The largest absolute Gasteiger partial charge is 0.481 e. The van der Waals surface area contributed by atoms with Gasteiger partial charge in [-0.2, -0.15) is 0 Å². The van der Waals surface area contributed by atoms with Crippen molar-refractivity contribution in [1.82, 2.24) is 9.80 Å². The zero-order chi connectivity index (χ0) is 14.0. The number of hydrogen-bond donors (Lipinski definition) is 1. The van der Waals surface area contributed by atoms with Crippen molar-refractivity contribution in [2.75, 3.05) is 33.4 Å².